The summed E-state index contributed by atoms with van der Waals surface area (Å²) in [5.41, 5.74) is 0.890. The van der Waals surface area contributed by atoms with Crippen LogP contribution in [0.2, 0.25) is 0 Å². The minimum Gasteiger partial charge on any atom is -0.337 e. The van der Waals surface area contributed by atoms with E-state index in [1.54, 1.807) is 19.2 Å². The van der Waals surface area contributed by atoms with Crippen molar-refractivity contribution in [3.63, 3.8) is 0 Å². The SMILES string of the molecule is CN(Cc1ccc(F)cc1)C(=O)c1ccc(S(=O)(=O)Nc2ccccc2F)cc1. The third-order valence-corrected chi connectivity index (χ3v) is 5.59. The lowest BCUT2D eigenvalue weighted by atomic mass is 10.1. The van der Waals surface area contributed by atoms with Crippen LogP contribution >= 0.6 is 0 Å². The summed E-state index contributed by atoms with van der Waals surface area (Å²) in [5.74, 6) is -1.37. The van der Waals surface area contributed by atoms with E-state index in [0.717, 1.165) is 11.6 Å². The topological polar surface area (TPSA) is 66.5 Å². The second kappa shape index (κ2) is 8.40. The lowest BCUT2D eigenvalue weighted by molar-refractivity contribution is 0.0785. The minimum atomic E-state index is -4.00. The number of carbonyl (C=O) groups excluding carboxylic acids is 1. The molecule has 150 valence electrons. The second-order valence-electron chi connectivity index (χ2n) is 6.40. The van der Waals surface area contributed by atoms with E-state index in [-0.39, 0.29) is 28.9 Å². The summed E-state index contributed by atoms with van der Waals surface area (Å²) >= 11 is 0. The Labute approximate surface area is 167 Å². The molecule has 0 aliphatic heterocycles. The van der Waals surface area contributed by atoms with Gasteiger partial charge >= 0.3 is 0 Å². The third-order valence-electron chi connectivity index (χ3n) is 4.21. The highest BCUT2D eigenvalue weighted by Crippen LogP contribution is 2.19. The molecule has 5 nitrogen and oxygen atoms in total. The Kier molecular flexibility index (Phi) is 5.93. The molecule has 0 radical (unpaired) electrons. The van der Waals surface area contributed by atoms with Crippen LogP contribution in [-0.2, 0) is 16.6 Å². The highest BCUT2D eigenvalue weighted by molar-refractivity contribution is 7.92. The highest BCUT2D eigenvalue weighted by atomic mass is 32.2. The van der Waals surface area contributed by atoms with Gasteiger partial charge in [0.1, 0.15) is 11.6 Å². The molecule has 3 aromatic rings. The first-order valence-corrected chi connectivity index (χ1v) is 10.1. The Bertz CT molecular complexity index is 1120. The highest BCUT2D eigenvalue weighted by Gasteiger charge is 2.18. The molecule has 0 saturated carbocycles. The maximum absolute atomic E-state index is 13.7. The Hall–Kier alpha value is -3.26. The quantitative estimate of drug-likeness (QED) is 0.660. The van der Waals surface area contributed by atoms with Crippen LogP contribution in [0.5, 0.6) is 0 Å². The molecule has 29 heavy (non-hydrogen) atoms. The summed E-state index contributed by atoms with van der Waals surface area (Å²) in [4.78, 5) is 13.9. The number of benzene rings is 3. The summed E-state index contributed by atoms with van der Waals surface area (Å²) in [5, 5.41) is 0. The first kappa shape index (κ1) is 20.5. The second-order valence-corrected chi connectivity index (χ2v) is 8.08. The van der Waals surface area contributed by atoms with Gasteiger partial charge in [0.2, 0.25) is 0 Å². The van der Waals surface area contributed by atoms with Crippen molar-refractivity contribution in [1.29, 1.82) is 0 Å². The van der Waals surface area contributed by atoms with Crippen molar-refractivity contribution in [3.8, 4) is 0 Å². The van der Waals surface area contributed by atoms with Gasteiger partial charge in [-0.05, 0) is 54.1 Å². The van der Waals surface area contributed by atoms with Gasteiger partial charge in [-0.1, -0.05) is 24.3 Å². The number of nitrogens with zero attached hydrogens (tertiary/aromatic N) is 1. The molecule has 0 fully saturated rings. The molecule has 1 N–H and O–H groups in total. The van der Waals surface area contributed by atoms with Crippen LogP contribution < -0.4 is 4.72 Å². The van der Waals surface area contributed by atoms with Crippen LogP contribution in [0.15, 0.2) is 77.7 Å². The van der Waals surface area contributed by atoms with Crippen molar-refractivity contribution in [2.45, 2.75) is 11.4 Å². The summed E-state index contributed by atoms with van der Waals surface area (Å²) in [7, 11) is -2.41. The molecule has 0 atom stereocenters. The van der Waals surface area contributed by atoms with Crippen molar-refractivity contribution >= 4 is 21.6 Å². The van der Waals surface area contributed by atoms with Gasteiger partial charge in [0.25, 0.3) is 15.9 Å². The number of para-hydroxylation sites is 1. The molecule has 3 aromatic carbocycles. The van der Waals surface area contributed by atoms with Crippen molar-refractivity contribution in [2.75, 3.05) is 11.8 Å². The molecule has 0 aliphatic rings. The van der Waals surface area contributed by atoms with E-state index in [0.29, 0.717) is 5.56 Å². The average Bonchev–Trinajstić information content (AvgIpc) is 2.71. The van der Waals surface area contributed by atoms with Crippen LogP contribution in [0.1, 0.15) is 15.9 Å². The average molecular weight is 416 g/mol. The standard InChI is InChI=1S/C21H18F2N2O3S/c1-25(14-15-6-10-17(22)11-7-15)21(26)16-8-12-18(13-9-16)29(27,28)24-20-5-3-2-4-19(20)23/h2-13,24H,14H2,1H3. The molecule has 0 aliphatic carbocycles. The predicted molar refractivity (Wildman–Crippen MR) is 106 cm³/mol. The van der Waals surface area contributed by atoms with Crippen LogP contribution in [0.3, 0.4) is 0 Å². The van der Waals surface area contributed by atoms with Gasteiger partial charge < -0.3 is 4.90 Å². The van der Waals surface area contributed by atoms with Crippen molar-refractivity contribution in [3.05, 3.63) is 95.6 Å². The Morgan fingerprint density at radius 3 is 2.17 bits per heavy atom. The zero-order valence-electron chi connectivity index (χ0n) is 15.5. The fourth-order valence-corrected chi connectivity index (χ4v) is 3.75. The Morgan fingerprint density at radius 2 is 1.55 bits per heavy atom. The number of halogens is 2. The number of hydrogen-bond acceptors (Lipinski definition) is 3. The van der Waals surface area contributed by atoms with Gasteiger partial charge in [0.15, 0.2) is 0 Å². The van der Waals surface area contributed by atoms with Gasteiger partial charge in [-0.3, -0.25) is 9.52 Å². The number of amides is 1. The van der Waals surface area contributed by atoms with Crippen LogP contribution in [0, 0.1) is 11.6 Å². The lowest BCUT2D eigenvalue weighted by Crippen LogP contribution is -2.26. The van der Waals surface area contributed by atoms with Crippen molar-refractivity contribution in [1.82, 2.24) is 4.90 Å². The molecular formula is C21H18F2N2O3S. The largest absolute Gasteiger partial charge is 0.337 e. The van der Waals surface area contributed by atoms with Gasteiger partial charge in [-0.15, -0.1) is 0 Å². The van der Waals surface area contributed by atoms with Gasteiger partial charge in [0, 0.05) is 19.2 Å². The van der Waals surface area contributed by atoms with Gasteiger partial charge in [-0.2, -0.15) is 0 Å². The van der Waals surface area contributed by atoms with E-state index in [1.165, 1.54) is 59.5 Å². The molecule has 0 bridgehead atoms. The zero-order chi connectivity index (χ0) is 21.0. The molecular weight excluding hydrogens is 398 g/mol. The zero-order valence-corrected chi connectivity index (χ0v) is 16.3. The Morgan fingerprint density at radius 1 is 0.931 bits per heavy atom. The van der Waals surface area contributed by atoms with Crippen LogP contribution in [-0.4, -0.2) is 26.3 Å². The van der Waals surface area contributed by atoms with Gasteiger partial charge in [0.05, 0.1) is 10.6 Å². The molecule has 0 heterocycles. The monoisotopic (exact) mass is 416 g/mol. The fraction of sp³-hybridized carbons (Fsp3) is 0.0952. The predicted octanol–water partition coefficient (Wildman–Crippen LogP) is 4.04. The van der Waals surface area contributed by atoms with Crippen molar-refractivity contribution in [2.24, 2.45) is 0 Å². The molecule has 8 heteroatoms. The van der Waals surface area contributed by atoms with E-state index in [2.05, 4.69) is 4.72 Å². The van der Waals surface area contributed by atoms with E-state index in [4.69, 9.17) is 0 Å². The minimum absolute atomic E-state index is 0.0986. The number of rotatable bonds is 6. The summed E-state index contributed by atoms with van der Waals surface area (Å²) in [6, 6.07) is 16.6. The number of carbonyl (C=O) groups is 1. The number of sulfonamides is 1. The van der Waals surface area contributed by atoms with Crippen LogP contribution in [0.25, 0.3) is 0 Å². The van der Waals surface area contributed by atoms with Gasteiger partial charge in [-0.25, -0.2) is 17.2 Å². The molecule has 0 spiro atoms. The van der Waals surface area contributed by atoms with Crippen molar-refractivity contribution < 1.29 is 22.0 Å². The fourth-order valence-electron chi connectivity index (χ4n) is 2.68. The first-order valence-electron chi connectivity index (χ1n) is 8.63. The molecule has 0 unspecified atom stereocenters. The summed E-state index contributed by atoms with van der Waals surface area (Å²) < 4.78 is 53.7. The maximum atomic E-state index is 13.7. The van der Waals surface area contributed by atoms with E-state index in [9.17, 15) is 22.0 Å². The van der Waals surface area contributed by atoms with E-state index < -0.39 is 15.8 Å². The normalized spacial score (nSPS) is 11.1. The van der Waals surface area contributed by atoms with E-state index >= 15 is 0 Å². The lowest BCUT2D eigenvalue weighted by Gasteiger charge is -2.17. The smallest absolute Gasteiger partial charge is 0.261 e. The first-order chi connectivity index (χ1) is 13.8. The van der Waals surface area contributed by atoms with Crippen LogP contribution in [0.4, 0.5) is 14.5 Å². The molecule has 3 rings (SSSR count). The molecule has 1 amide bonds. The Balaban J connectivity index is 1.72. The van der Waals surface area contributed by atoms with E-state index in [1.807, 2.05) is 0 Å². The number of nitrogens with one attached hydrogen (secondary N) is 1. The summed E-state index contributed by atoms with van der Waals surface area (Å²) in [6.45, 7) is 0.272. The number of hydrogen-bond donors (Lipinski definition) is 1. The maximum Gasteiger partial charge on any atom is 0.261 e. The number of anilines is 1. The molecule has 0 saturated heterocycles. The third kappa shape index (κ3) is 4.97. The molecule has 0 aromatic heterocycles. The summed E-state index contributed by atoms with van der Waals surface area (Å²) in [6.07, 6.45) is 0.